The second-order valence-corrected chi connectivity index (χ2v) is 3.80. The van der Waals surface area contributed by atoms with Gasteiger partial charge in [0, 0.05) is 10.6 Å². The van der Waals surface area contributed by atoms with Crippen LogP contribution in [0.3, 0.4) is 0 Å². The molecule has 62 valence electrons. The summed E-state index contributed by atoms with van der Waals surface area (Å²) in [5.41, 5.74) is 7.74. The number of imidazole rings is 1. The van der Waals surface area contributed by atoms with Crippen molar-refractivity contribution in [1.29, 1.82) is 0 Å². The molecule has 1 aromatic heterocycles. The number of hydrogen-bond acceptors (Lipinski definition) is 2. The van der Waals surface area contributed by atoms with Gasteiger partial charge in [0.25, 0.3) is 0 Å². The van der Waals surface area contributed by atoms with Crippen LogP contribution >= 0.6 is 22.6 Å². The molecule has 0 bridgehead atoms. The monoisotopic (exact) mass is 273 g/mol. The van der Waals surface area contributed by atoms with Gasteiger partial charge in [0.05, 0.1) is 11.0 Å². The molecular formula is C8H8IN3. The van der Waals surface area contributed by atoms with Gasteiger partial charge in [-0.05, 0) is 34.7 Å². The fourth-order valence-corrected chi connectivity index (χ4v) is 2.08. The van der Waals surface area contributed by atoms with Gasteiger partial charge in [-0.15, -0.1) is 0 Å². The summed E-state index contributed by atoms with van der Waals surface area (Å²) in [6.07, 6.45) is 0. The van der Waals surface area contributed by atoms with E-state index in [1.807, 2.05) is 29.8 Å². The molecule has 0 atom stereocenters. The quantitative estimate of drug-likeness (QED) is 0.743. The summed E-state index contributed by atoms with van der Waals surface area (Å²) in [5, 5.41) is 0. The van der Waals surface area contributed by atoms with E-state index in [0.29, 0.717) is 5.95 Å². The van der Waals surface area contributed by atoms with Crippen molar-refractivity contribution < 1.29 is 0 Å². The van der Waals surface area contributed by atoms with E-state index in [-0.39, 0.29) is 0 Å². The second-order valence-electron chi connectivity index (χ2n) is 2.64. The summed E-state index contributed by atoms with van der Waals surface area (Å²) in [4.78, 5) is 4.21. The highest BCUT2D eigenvalue weighted by Crippen LogP contribution is 2.21. The molecule has 0 amide bonds. The number of halogens is 1. The third kappa shape index (κ3) is 0.979. The molecule has 12 heavy (non-hydrogen) atoms. The van der Waals surface area contributed by atoms with Crippen LogP contribution in [0.4, 0.5) is 5.95 Å². The molecule has 2 rings (SSSR count). The number of nitrogens with two attached hydrogens (primary N) is 1. The van der Waals surface area contributed by atoms with E-state index in [1.165, 1.54) is 3.57 Å². The van der Waals surface area contributed by atoms with Crippen LogP contribution in [-0.4, -0.2) is 9.55 Å². The van der Waals surface area contributed by atoms with E-state index < -0.39 is 0 Å². The molecular weight excluding hydrogens is 265 g/mol. The van der Waals surface area contributed by atoms with E-state index in [4.69, 9.17) is 5.73 Å². The van der Waals surface area contributed by atoms with Crippen molar-refractivity contribution >= 4 is 39.6 Å². The zero-order valence-corrected chi connectivity index (χ0v) is 8.74. The van der Waals surface area contributed by atoms with Crippen molar-refractivity contribution in [3.8, 4) is 0 Å². The van der Waals surface area contributed by atoms with Gasteiger partial charge in [0.15, 0.2) is 0 Å². The molecule has 0 radical (unpaired) electrons. The average Bonchev–Trinajstić information content (AvgIpc) is 2.29. The number of aryl methyl sites for hydroxylation is 1. The number of anilines is 1. The maximum absolute atomic E-state index is 5.67. The highest BCUT2D eigenvalue weighted by Gasteiger charge is 2.06. The Labute approximate surface area is 83.7 Å². The van der Waals surface area contributed by atoms with E-state index in [0.717, 1.165) is 11.0 Å². The molecule has 0 fully saturated rings. The molecule has 1 aromatic carbocycles. The summed E-state index contributed by atoms with van der Waals surface area (Å²) < 4.78 is 3.08. The van der Waals surface area contributed by atoms with Gasteiger partial charge in [0.1, 0.15) is 0 Å². The fourth-order valence-electron chi connectivity index (χ4n) is 1.24. The highest BCUT2D eigenvalue weighted by atomic mass is 127. The van der Waals surface area contributed by atoms with Crippen molar-refractivity contribution in [2.24, 2.45) is 7.05 Å². The van der Waals surface area contributed by atoms with Crippen LogP contribution in [0.2, 0.25) is 0 Å². The lowest BCUT2D eigenvalue weighted by Crippen LogP contribution is -1.96. The number of hydrogen-bond donors (Lipinski definition) is 1. The minimum absolute atomic E-state index is 0.564. The van der Waals surface area contributed by atoms with Crippen LogP contribution in [-0.2, 0) is 7.05 Å². The lowest BCUT2D eigenvalue weighted by molar-refractivity contribution is 0.963. The van der Waals surface area contributed by atoms with Gasteiger partial charge in [0.2, 0.25) is 5.95 Å². The Hall–Kier alpha value is -0.780. The molecule has 3 nitrogen and oxygen atoms in total. The topological polar surface area (TPSA) is 43.8 Å². The molecule has 2 N–H and O–H groups in total. The van der Waals surface area contributed by atoms with Crippen LogP contribution in [0.1, 0.15) is 0 Å². The molecule has 0 unspecified atom stereocenters. The number of para-hydroxylation sites is 1. The Kier molecular flexibility index (Phi) is 1.71. The first-order valence-electron chi connectivity index (χ1n) is 3.56. The Morgan fingerprint density at radius 1 is 1.50 bits per heavy atom. The number of aromatic nitrogens is 2. The van der Waals surface area contributed by atoms with Crippen molar-refractivity contribution in [1.82, 2.24) is 9.55 Å². The molecule has 1 heterocycles. The third-order valence-electron chi connectivity index (χ3n) is 1.88. The van der Waals surface area contributed by atoms with Crippen LogP contribution in [0.5, 0.6) is 0 Å². The van der Waals surface area contributed by atoms with Gasteiger partial charge in [-0.3, -0.25) is 0 Å². The average molecular weight is 273 g/mol. The van der Waals surface area contributed by atoms with Gasteiger partial charge in [-0.1, -0.05) is 6.07 Å². The van der Waals surface area contributed by atoms with Gasteiger partial charge in [-0.25, -0.2) is 4.98 Å². The van der Waals surface area contributed by atoms with Crippen molar-refractivity contribution in [2.45, 2.75) is 0 Å². The number of fused-ring (bicyclic) bond motifs is 1. The fraction of sp³-hybridized carbons (Fsp3) is 0.125. The molecule has 0 aliphatic heterocycles. The SMILES string of the molecule is Cn1c(N)nc2cccc(I)c21. The Balaban J connectivity index is 2.97. The van der Waals surface area contributed by atoms with E-state index in [2.05, 4.69) is 27.6 Å². The third-order valence-corrected chi connectivity index (χ3v) is 2.75. The van der Waals surface area contributed by atoms with Crippen molar-refractivity contribution in [3.63, 3.8) is 0 Å². The van der Waals surface area contributed by atoms with E-state index in [1.54, 1.807) is 0 Å². The molecule has 0 aliphatic carbocycles. The van der Waals surface area contributed by atoms with Crippen LogP contribution in [0, 0.1) is 3.57 Å². The lowest BCUT2D eigenvalue weighted by Gasteiger charge is -1.97. The van der Waals surface area contributed by atoms with Gasteiger partial charge < -0.3 is 10.3 Å². The second kappa shape index (κ2) is 2.62. The number of benzene rings is 1. The highest BCUT2D eigenvalue weighted by molar-refractivity contribution is 14.1. The minimum atomic E-state index is 0.564. The Morgan fingerprint density at radius 3 is 2.92 bits per heavy atom. The van der Waals surface area contributed by atoms with Crippen LogP contribution in [0.15, 0.2) is 18.2 Å². The molecule has 2 aromatic rings. The van der Waals surface area contributed by atoms with E-state index in [9.17, 15) is 0 Å². The lowest BCUT2D eigenvalue weighted by atomic mass is 10.3. The smallest absolute Gasteiger partial charge is 0.200 e. The molecule has 0 aliphatic rings. The standard InChI is InChI=1S/C8H8IN3/c1-12-7-5(9)3-2-4-6(7)11-8(12)10/h2-4H,1H3,(H2,10,11). The summed E-state index contributed by atoms with van der Waals surface area (Å²) >= 11 is 2.28. The predicted octanol–water partition coefficient (Wildman–Crippen LogP) is 1.76. The number of nitrogens with zero attached hydrogens (tertiary/aromatic N) is 2. The van der Waals surface area contributed by atoms with Gasteiger partial charge >= 0.3 is 0 Å². The summed E-state index contributed by atoms with van der Waals surface area (Å²) in [5.74, 6) is 0.564. The molecule has 4 heteroatoms. The first-order chi connectivity index (χ1) is 5.70. The maximum atomic E-state index is 5.67. The zero-order chi connectivity index (χ0) is 8.72. The van der Waals surface area contributed by atoms with Gasteiger partial charge in [-0.2, -0.15) is 0 Å². The van der Waals surface area contributed by atoms with E-state index >= 15 is 0 Å². The first-order valence-corrected chi connectivity index (χ1v) is 4.64. The predicted molar refractivity (Wildman–Crippen MR) is 57.8 cm³/mol. The number of rotatable bonds is 0. The Morgan fingerprint density at radius 2 is 2.25 bits per heavy atom. The minimum Gasteiger partial charge on any atom is -0.369 e. The van der Waals surface area contributed by atoms with Crippen molar-refractivity contribution in [3.05, 3.63) is 21.8 Å². The summed E-state index contributed by atoms with van der Waals surface area (Å²) in [7, 11) is 1.92. The summed E-state index contributed by atoms with van der Waals surface area (Å²) in [6, 6.07) is 5.99. The molecule has 0 spiro atoms. The summed E-state index contributed by atoms with van der Waals surface area (Å²) in [6.45, 7) is 0. The maximum Gasteiger partial charge on any atom is 0.200 e. The Bertz CT molecular complexity index is 433. The largest absolute Gasteiger partial charge is 0.369 e. The normalized spacial score (nSPS) is 10.8. The molecule has 0 saturated carbocycles. The van der Waals surface area contributed by atoms with Crippen LogP contribution in [0.25, 0.3) is 11.0 Å². The number of nitrogen functional groups attached to an aromatic ring is 1. The van der Waals surface area contributed by atoms with Crippen molar-refractivity contribution in [2.75, 3.05) is 5.73 Å². The van der Waals surface area contributed by atoms with Crippen LogP contribution < -0.4 is 5.73 Å². The zero-order valence-electron chi connectivity index (χ0n) is 6.58. The first kappa shape index (κ1) is 7.85. The molecule has 0 saturated heterocycles.